The van der Waals surface area contributed by atoms with Crippen molar-refractivity contribution >= 4 is 35.2 Å². The van der Waals surface area contributed by atoms with Crippen molar-refractivity contribution in [1.82, 2.24) is 10.2 Å². The maximum atomic E-state index is 14.0. The van der Waals surface area contributed by atoms with Crippen LogP contribution < -0.4 is 10.6 Å². The monoisotopic (exact) mass is 501 g/mol. The molecule has 0 radical (unpaired) electrons. The standard InChI is InChI=1S/C27H39N3O4S/c1-3-4-14-28-25(33)23-27-18(2)17-20(35-27)21(24(32)29-19-12-8-7-9-13-19)22(27)26(34)30(23)15-10-5-6-11-16-31/h7-9,12-13,18,20-23,31H,3-6,10-11,14-17H2,1-2H3,(H,28,33)(H,29,32)/t18?,20-,21+,22+,23?,27?/m1/s1. The van der Waals surface area contributed by atoms with Crippen molar-refractivity contribution in [3.8, 4) is 0 Å². The molecule has 7 nitrogen and oxygen atoms in total. The molecule has 3 heterocycles. The second kappa shape index (κ2) is 11.3. The Hall–Kier alpha value is -2.06. The van der Waals surface area contributed by atoms with E-state index >= 15 is 0 Å². The quantitative estimate of drug-likeness (QED) is 0.381. The fraction of sp³-hybridized carbons (Fsp3) is 0.667. The molecule has 6 atom stereocenters. The molecule has 3 amide bonds. The van der Waals surface area contributed by atoms with Crippen LogP contribution in [0.3, 0.4) is 0 Å². The average molecular weight is 502 g/mol. The third-order valence-electron chi connectivity index (χ3n) is 7.97. The van der Waals surface area contributed by atoms with Crippen LogP contribution in [0.2, 0.25) is 0 Å². The van der Waals surface area contributed by atoms with Crippen molar-refractivity contribution in [2.24, 2.45) is 17.8 Å². The van der Waals surface area contributed by atoms with Crippen LogP contribution in [0, 0.1) is 17.8 Å². The van der Waals surface area contributed by atoms with Gasteiger partial charge >= 0.3 is 0 Å². The van der Waals surface area contributed by atoms with Gasteiger partial charge in [-0.3, -0.25) is 14.4 Å². The van der Waals surface area contributed by atoms with Crippen molar-refractivity contribution in [1.29, 1.82) is 0 Å². The number of unbranched alkanes of at least 4 members (excludes halogenated alkanes) is 4. The molecule has 4 rings (SSSR count). The number of carbonyl (C=O) groups is 3. The molecule has 3 N–H and O–H groups in total. The molecule has 1 spiro atoms. The summed E-state index contributed by atoms with van der Waals surface area (Å²) < 4.78 is -0.568. The van der Waals surface area contributed by atoms with E-state index in [1.165, 1.54) is 0 Å². The predicted octanol–water partition coefficient (Wildman–Crippen LogP) is 3.43. The van der Waals surface area contributed by atoms with Gasteiger partial charge in [-0.25, -0.2) is 0 Å². The van der Waals surface area contributed by atoms with E-state index in [2.05, 4.69) is 24.5 Å². The zero-order chi connectivity index (χ0) is 25.0. The molecule has 3 aliphatic rings. The number of fused-ring (bicyclic) bond motifs is 1. The van der Waals surface area contributed by atoms with Crippen molar-refractivity contribution in [3.05, 3.63) is 30.3 Å². The molecule has 1 aromatic carbocycles. The number of carbonyl (C=O) groups excluding carboxylic acids is 3. The molecule has 0 aromatic heterocycles. The second-order valence-corrected chi connectivity index (χ2v) is 11.8. The maximum absolute atomic E-state index is 14.0. The highest BCUT2D eigenvalue weighted by Gasteiger charge is 2.75. The number of nitrogens with one attached hydrogen (secondary N) is 2. The molecule has 1 aromatic rings. The average Bonchev–Trinajstić information content (AvgIpc) is 3.43. The number of amides is 3. The van der Waals surface area contributed by atoms with Gasteiger partial charge in [0.05, 0.1) is 16.6 Å². The minimum atomic E-state index is -0.568. The van der Waals surface area contributed by atoms with E-state index in [0.29, 0.717) is 13.1 Å². The first kappa shape index (κ1) is 26.0. The number of likely N-dealkylation sites (tertiary alicyclic amines) is 1. The molecular weight excluding hydrogens is 462 g/mol. The lowest BCUT2D eigenvalue weighted by atomic mass is 9.66. The molecule has 3 unspecified atom stereocenters. The highest BCUT2D eigenvalue weighted by Crippen LogP contribution is 2.68. The fourth-order valence-corrected chi connectivity index (χ4v) is 8.76. The smallest absolute Gasteiger partial charge is 0.244 e. The fourth-order valence-electron chi connectivity index (χ4n) is 6.34. The summed E-state index contributed by atoms with van der Waals surface area (Å²) in [5, 5.41) is 15.3. The minimum absolute atomic E-state index is 0.0420. The van der Waals surface area contributed by atoms with Gasteiger partial charge in [-0.05, 0) is 43.7 Å². The molecule has 35 heavy (non-hydrogen) atoms. The number of nitrogens with zero attached hydrogens (tertiary/aromatic N) is 1. The molecule has 2 bridgehead atoms. The normalized spacial score (nSPS) is 31.0. The van der Waals surface area contributed by atoms with Crippen LogP contribution in [0.25, 0.3) is 0 Å². The lowest BCUT2D eigenvalue weighted by Gasteiger charge is -2.38. The predicted molar refractivity (Wildman–Crippen MR) is 139 cm³/mol. The third-order valence-corrected chi connectivity index (χ3v) is 10.1. The van der Waals surface area contributed by atoms with Crippen LogP contribution in [0.1, 0.15) is 58.8 Å². The SMILES string of the molecule is CCCCNC(=O)C1N(CCCCCCO)C(=O)[C@@H]2[C@@H](C(=O)Nc3ccccc3)[C@H]3CC(C)C12S3. The Bertz CT molecular complexity index is 913. The van der Waals surface area contributed by atoms with Gasteiger partial charge in [0, 0.05) is 30.6 Å². The zero-order valence-corrected chi connectivity index (χ0v) is 21.7. The van der Waals surface area contributed by atoms with E-state index in [-0.39, 0.29) is 35.5 Å². The van der Waals surface area contributed by atoms with Gasteiger partial charge in [0.25, 0.3) is 0 Å². The van der Waals surface area contributed by atoms with Gasteiger partial charge in [0.2, 0.25) is 17.7 Å². The number of thioether (sulfide) groups is 1. The van der Waals surface area contributed by atoms with Crippen molar-refractivity contribution < 1.29 is 19.5 Å². The summed E-state index contributed by atoms with van der Waals surface area (Å²) in [5.74, 6) is -0.978. The molecule has 3 fully saturated rings. The number of hydrogen-bond acceptors (Lipinski definition) is 5. The number of benzene rings is 1. The Balaban J connectivity index is 1.60. The Morgan fingerprint density at radius 3 is 2.57 bits per heavy atom. The Labute approximate surface area is 212 Å². The Morgan fingerprint density at radius 2 is 1.86 bits per heavy atom. The van der Waals surface area contributed by atoms with Crippen LogP contribution in [0.5, 0.6) is 0 Å². The van der Waals surface area contributed by atoms with Crippen LogP contribution >= 0.6 is 11.8 Å². The summed E-state index contributed by atoms with van der Waals surface area (Å²) in [5.41, 5.74) is 0.729. The summed E-state index contributed by atoms with van der Waals surface area (Å²) in [7, 11) is 0. The van der Waals surface area contributed by atoms with Gasteiger partial charge in [-0.1, -0.05) is 51.3 Å². The van der Waals surface area contributed by atoms with Crippen LogP contribution in [0.15, 0.2) is 30.3 Å². The first-order valence-electron chi connectivity index (χ1n) is 13.2. The first-order chi connectivity index (χ1) is 17.0. The topological polar surface area (TPSA) is 98.7 Å². The summed E-state index contributed by atoms with van der Waals surface area (Å²) in [4.78, 5) is 42.9. The zero-order valence-electron chi connectivity index (χ0n) is 20.9. The summed E-state index contributed by atoms with van der Waals surface area (Å²) in [6.45, 7) is 5.52. The van der Waals surface area contributed by atoms with E-state index in [4.69, 9.17) is 5.11 Å². The largest absolute Gasteiger partial charge is 0.396 e. The molecular formula is C27H39N3O4S. The lowest BCUT2D eigenvalue weighted by molar-refractivity contribution is -0.139. The van der Waals surface area contributed by atoms with Crippen LogP contribution in [0.4, 0.5) is 5.69 Å². The number of hydrogen-bond donors (Lipinski definition) is 3. The number of aliphatic hydroxyl groups excluding tert-OH is 1. The second-order valence-electron chi connectivity index (χ2n) is 10.2. The van der Waals surface area contributed by atoms with E-state index in [1.54, 1.807) is 16.7 Å². The van der Waals surface area contributed by atoms with E-state index in [0.717, 1.165) is 50.6 Å². The van der Waals surface area contributed by atoms with E-state index in [1.807, 2.05) is 30.3 Å². The van der Waals surface area contributed by atoms with Crippen LogP contribution in [-0.4, -0.2) is 63.5 Å². The van der Waals surface area contributed by atoms with E-state index < -0.39 is 22.6 Å². The summed E-state index contributed by atoms with van der Waals surface area (Å²) in [6, 6.07) is 8.83. The van der Waals surface area contributed by atoms with E-state index in [9.17, 15) is 14.4 Å². The molecule has 0 saturated carbocycles. The van der Waals surface area contributed by atoms with Gasteiger partial charge in [0.15, 0.2) is 0 Å². The van der Waals surface area contributed by atoms with Crippen LogP contribution in [-0.2, 0) is 14.4 Å². The third kappa shape index (κ3) is 4.84. The molecule has 8 heteroatoms. The van der Waals surface area contributed by atoms with Crippen molar-refractivity contribution in [3.63, 3.8) is 0 Å². The highest BCUT2D eigenvalue weighted by atomic mass is 32.2. The molecule has 3 aliphatic heterocycles. The number of para-hydroxylation sites is 1. The van der Waals surface area contributed by atoms with Gasteiger partial charge in [-0.15, -0.1) is 11.8 Å². The highest BCUT2D eigenvalue weighted by molar-refractivity contribution is 8.02. The minimum Gasteiger partial charge on any atom is -0.396 e. The van der Waals surface area contributed by atoms with Crippen molar-refractivity contribution in [2.45, 2.75) is 74.8 Å². The number of anilines is 1. The summed E-state index contributed by atoms with van der Waals surface area (Å²) >= 11 is 1.72. The molecule has 3 saturated heterocycles. The van der Waals surface area contributed by atoms with Gasteiger partial charge < -0.3 is 20.6 Å². The van der Waals surface area contributed by atoms with Gasteiger partial charge in [-0.2, -0.15) is 0 Å². The summed E-state index contributed by atoms with van der Waals surface area (Å²) in [6.07, 6.45) is 6.06. The van der Waals surface area contributed by atoms with Crippen molar-refractivity contribution in [2.75, 3.05) is 25.0 Å². The molecule has 192 valence electrons. The molecule has 0 aliphatic carbocycles. The lowest BCUT2D eigenvalue weighted by Crippen LogP contribution is -2.56. The first-order valence-corrected chi connectivity index (χ1v) is 14.1. The Kier molecular flexibility index (Phi) is 8.42. The van der Waals surface area contributed by atoms with Gasteiger partial charge in [0.1, 0.15) is 6.04 Å². The Morgan fingerprint density at radius 1 is 1.11 bits per heavy atom. The number of aliphatic hydroxyl groups is 1. The number of rotatable bonds is 12. The maximum Gasteiger partial charge on any atom is 0.244 e.